The van der Waals surface area contributed by atoms with Crippen LogP contribution in [0.3, 0.4) is 0 Å². The van der Waals surface area contributed by atoms with E-state index in [9.17, 15) is 9.59 Å². The molecule has 1 saturated heterocycles. The van der Waals surface area contributed by atoms with Crippen molar-refractivity contribution in [3.63, 3.8) is 0 Å². The van der Waals surface area contributed by atoms with Gasteiger partial charge < -0.3 is 14.8 Å². The zero-order chi connectivity index (χ0) is 11.3. The number of methoxy groups -OCH3 is 2. The molecular formula is C9H16N2O4. The van der Waals surface area contributed by atoms with Crippen molar-refractivity contribution in [3.8, 4) is 0 Å². The van der Waals surface area contributed by atoms with Crippen LogP contribution in [0.25, 0.3) is 0 Å². The van der Waals surface area contributed by atoms with E-state index in [4.69, 9.17) is 9.47 Å². The molecule has 2 amide bonds. The van der Waals surface area contributed by atoms with Gasteiger partial charge in [0.1, 0.15) is 0 Å². The fourth-order valence-electron chi connectivity index (χ4n) is 1.39. The normalized spacial score (nSPS) is 22.9. The molecule has 86 valence electrons. The average molecular weight is 216 g/mol. The summed E-state index contributed by atoms with van der Waals surface area (Å²) in [5.74, 6) is -0.509. The predicted octanol–water partition coefficient (Wildman–Crippen LogP) is -1.35. The highest BCUT2D eigenvalue weighted by atomic mass is 16.5. The molecule has 0 aromatic heterocycles. The molecule has 2 unspecified atom stereocenters. The smallest absolute Gasteiger partial charge is 0.244 e. The summed E-state index contributed by atoms with van der Waals surface area (Å²) >= 11 is 0. The van der Waals surface area contributed by atoms with E-state index in [1.54, 1.807) is 14.2 Å². The predicted molar refractivity (Wildman–Crippen MR) is 52.2 cm³/mol. The molecule has 0 radical (unpaired) electrons. The molecule has 0 saturated carbocycles. The third-order valence-electron chi connectivity index (χ3n) is 2.25. The number of rotatable bonds is 6. The average Bonchev–Trinajstić information content (AvgIpc) is 2.52. The van der Waals surface area contributed by atoms with E-state index in [2.05, 4.69) is 10.6 Å². The van der Waals surface area contributed by atoms with E-state index >= 15 is 0 Å². The second-order valence-electron chi connectivity index (χ2n) is 3.39. The van der Waals surface area contributed by atoms with Crippen LogP contribution in [0.2, 0.25) is 0 Å². The second-order valence-corrected chi connectivity index (χ2v) is 3.39. The number of nitrogens with one attached hydrogen (secondary N) is 2. The lowest BCUT2D eigenvalue weighted by Crippen LogP contribution is -2.42. The van der Waals surface area contributed by atoms with Gasteiger partial charge in [0, 0.05) is 20.8 Å². The molecule has 15 heavy (non-hydrogen) atoms. The number of hydrogen-bond donors (Lipinski definition) is 2. The van der Waals surface area contributed by atoms with Crippen molar-refractivity contribution >= 4 is 11.8 Å². The first-order chi connectivity index (χ1) is 7.17. The number of ether oxygens (including phenoxy) is 2. The summed E-state index contributed by atoms with van der Waals surface area (Å²) in [5, 5.41) is 5.19. The molecule has 2 N–H and O–H groups in total. The lowest BCUT2D eigenvalue weighted by Gasteiger charge is -2.16. The molecule has 6 nitrogen and oxygen atoms in total. The Labute approximate surface area is 88.3 Å². The van der Waals surface area contributed by atoms with Gasteiger partial charge in [-0.2, -0.15) is 0 Å². The van der Waals surface area contributed by atoms with Crippen molar-refractivity contribution < 1.29 is 19.1 Å². The van der Waals surface area contributed by atoms with Gasteiger partial charge in [-0.3, -0.25) is 14.9 Å². The van der Waals surface area contributed by atoms with Crippen molar-refractivity contribution in [2.45, 2.75) is 18.6 Å². The molecule has 6 heteroatoms. The highest BCUT2D eigenvalue weighted by molar-refractivity contribution is 6.05. The summed E-state index contributed by atoms with van der Waals surface area (Å²) in [5.41, 5.74) is 0. The Morgan fingerprint density at radius 3 is 2.73 bits per heavy atom. The maximum absolute atomic E-state index is 11.2. The molecule has 1 heterocycles. The first-order valence-electron chi connectivity index (χ1n) is 4.76. The van der Waals surface area contributed by atoms with Crippen LogP contribution >= 0.6 is 0 Å². The van der Waals surface area contributed by atoms with Gasteiger partial charge in [0.25, 0.3) is 0 Å². The van der Waals surface area contributed by atoms with Crippen LogP contribution in [0.15, 0.2) is 0 Å². The molecule has 1 aliphatic rings. The molecule has 0 aliphatic carbocycles. The quantitative estimate of drug-likeness (QED) is 0.537. The van der Waals surface area contributed by atoms with Crippen LogP contribution in [0, 0.1) is 0 Å². The summed E-state index contributed by atoms with van der Waals surface area (Å²) in [7, 11) is 3.16. The monoisotopic (exact) mass is 216 g/mol. The minimum Gasteiger partial charge on any atom is -0.382 e. The van der Waals surface area contributed by atoms with Crippen molar-refractivity contribution in [1.29, 1.82) is 0 Å². The Bertz CT molecular complexity index is 244. The molecule has 1 aliphatic heterocycles. The number of imide groups is 1. The van der Waals surface area contributed by atoms with E-state index in [0.717, 1.165) is 0 Å². The number of amides is 2. The van der Waals surface area contributed by atoms with Gasteiger partial charge in [0.05, 0.1) is 25.2 Å². The lowest BCUT2D eigenvalue weighted by atomic mass is 10.2. The molecule has 0 aromatic rings. The van der Waals surface area contributed by atoms with Gasteiger partial charge >= 0.3 is 0 Å². The first-order valence-corrected chi connectivity index (χ1v) is 4.76. The summed E-state index contributed by atoms with van der Waals surface area (Å²) in [6.45, 7) is 0.932. The fourth-order valence-corrected chi connectivity index (χ4v) is 1.39. The molecule has 0 bridgehead atoms. The Hall–Kier alpha value is -0.980. The SMILES string of the molecule is COCC(CNC1CC(=O)NC1=O)OC. The van der Waals surface area contributed by atoms with Crippen molar-refractivity contribution in [2.24, 2.45) is 0 Å². The summed E-state index contributed by atoms with van der Waals surface area (Å²) in [6, 6.07) is -0.438. The Balaban J connectivity index is 2.29. The van der Waals surface area contributed by atoms with E-state index in [1.165, 1.54) is 0 Å². The van der Waals surface area contributed by atoms with Gasteiger partial charge in [0.15, 0.2) is 0 Å². The number of carbonyl (C=O) groups excluding carboxylic acids is 2. The van der Waals surface area contributed by atoms with Gasteiger partial charge in [-0.1, -0.05) is 0 Å². The van der Waals surface area contributed by atoms with Crippen LogP contribution < -0.4 is 10.6 Å². The largest absolute Gasteiger partial charge is 0.382 e. The van der Waals surface area contributed by atoms with Gasteiger partial charge in [-0.25, -0.2) is 0 Å². The van der Waals surface area contributed by atoms with Crippen molar-refractivity contribution in [2.75, 3.05) is 27.4 Å². The molecule has 1 fully saturated rings. The Kier molecular flexibility index (Phi) is 4.67. The standard InChI is InChI=1S/C9H16N2O4/c1-14-5-6(15-2)4-10-7-3-8(12)11-9(7)13/h6-7,10H,3-5H2,1-2H3,(H,11,12,13). The van der Waals surface area contributed by atoms with Crippen molar-refractivity contribution in [1.82, 2.24) is 10.6 Å². The van der Waals surface area contributed by atoms with Gasteiger partial charge in [0.2, 0.25) is 11.8 Å². The molecule has 2 atom stereocenters. The molecule has 1 rings (SSSR count). The minimum absolute atomic E-state index is 0.112. The maximum Gasteiger partial charge on any atom is 0.244 e. The highest BCUT2D eigenvalue weighted by Crippen LogP contribution is 2.01. The van der Waals surface area contributed by atoms with Crippen LogP contribution in [0.5, 0.6) is 0 Å². The first kappa shape index (κ1) is 12.1. The second kappa shape index (κ2) is 5.79. The van der Waals surface area contributed by atoms with Gasteiger partial charge in [-0.05, 0) is 0 Å². The van der Waals surface area contributed by atoms with E-state index in [0.29, 0.717) is 13.2 Å². The zero-order valence-electron chi connectivity index (χ0n) is 8.91. The summed E-state index contributed by atoms with van der Waals surface area (Å²) in [4.78, 5) is 22.1. The van der Waals surface area contributed by atoms with Crippen LogP contribution in [0.4, 0.5) is 0 Å². The fraction of sp³-hybridized carbons (Fsp3) is 0.778. The van der Waals surface area contributed by atoms with Gasteiger partial charge in [-0.15, -0.1) is 0 Å². The zero-order valence-corrected chi connectivity index (χ0v) is 8.91. The third-order valence-corrected chi connectivity index (χ3v) is 2.25. The lowest BCUT2D eigenvalue weighted by molar-refractivity contribution is -0.125. The third kappa shape index (κ3) is 3.58. The summed E-state index contributed by atoms with van der Waals surface area (Å²) in [6.07, 6.45) is 0.0842. The Morgan fingerprint density at radius 1 is 1.53 bits per heavy atom. The summed E-state index contributed by atoms with van der Waals surface area (Å²) < 4.78 is 10.0. The maximum atomic E-state index is 11.2. The Morgan fingerprint density at radius 2 is 2.27 bits per heavy atom. The van der Waals surface area contributed by atoms with E-state index < -0.39 is 6.04 Å². The topological polar surface area (TPSA) is 76.7 Å². The highest BCUT2D eigenvalue weighted by Gasteiger charge is 2.30. The molecule has 0 spiro atoms. The minimum atomic E-state index is -0.438. The molecule has 0 aromatic carbocycles. The van der Waals surface area contributed by atoms with Crippen molar-refractivity contribution in [3.05, 3.63) is 0 Å². The van der Waals surface area contributed by atoms with Crippen LogP contribution in [-0.4, -0.2) is 51.3 Å². The number of carbonyl (C=O) groups is 2. The van der Waals surface area contributed by atoms with E-state index in [-0.39, 0.29) is 24.3 Å². The van der Waals surface area contributed by atoms with E-state index in [1.807, 2.05) is 0 Å². The molecular weight excluding hydrogens is 200 g/mol. The van der Waals surface area contributed by atoms with Crippen LogP contribution in [0.1, 0.15) is 6.42 Å². The van der Waals surface area contributed by atoms with Crippen LogP contribution in [-0.2, 0) is 19.1 Å². The number of hydrogen-bond acceptors (Lipinski definition) is 5.